The summed E-state index contributed by atoms with van der Waals surface area (Å²) in [5, 5.41) is 8.26. The fourth-order valence-electron chi connectivity index (χ4n) is 2.65. The van der Waals surface area contributed by atoms with Gasteiger partial charge < -0.3 is 5.32 Å². The molecule has 0 aliphatic rings. The van der Waals surface area contributed by atoms with E-state index >= 15 is 0 Å². The van der Waals surface area contributed by atoms with Crippen molar-refractivity contribution in [2.24, 2.45) is 13.0 Å². The molecule has 1 N–H and O–H groups in total. The van der Waals surface area contributed by atoms with E-state index in [9.17, 15) is 0 Å². The summed E-state index contributed by atoms with van der Waals surface area (Å²) < 4.78 is 1.94. The molecule has 0 aliphatic carbocycles. The number of unbranched alkanes of at least 4 members (excludes halogenated alkanes) is 1. The van der Waals surface area contributed by atoms with Crippen LogP contribution >= 0.6 is 0 Å². The molecule has 1 atom stereocenters. The van der Waals surface area contributed by atoms with Gasteiger partial charge in [-0.1, -0.05) is 53.9 Å². The van der Waals surface area contributed by atoms with Crippen LogP contribution in [0.5, 0.6) is 0 Å². The molecule has 0 fully saturated rings. The Hall–Kier alpha value is -0.830. The van der Waals surface area contributed by atoms with Gasteiger partial charge in [0.05, 0.1) is 5.69 Å². The first kappa shape index (κ1) is 17.2. The van der Waals surface area contributed by atoms with Gasteiger partial charge in [0.2, 0.25) is 0 Å². The van der Waals surface area contributed by atoms with Crippen LogP contribution in [0.1, 0.15) is 71.6 Å². The van der Waals surface area contributed by atoms with Crippen LogP contribution in [0.15, 0.2) is 6.20 Å². The van der Waals surface area contributed by atoms with Crippen molar-refractivity contribution in [1.82, 2.24) is 15.1 Å². The number of hydrogen-bond donors (Lipinski definition) is 1. The van der Waals surface area contributed by atoms with E-state index in [2.05, 4.69) is 51.2 Å². The van der Waals surface area contributed by atoms with Crippen molar-refractivity contribution in [3.05, 3.63) is 17.5 Å². The van der Waals surface area contributed by atoms with E-state index in [1.807, 2.05) is 11.7 Å². The van der Waals surface area contributed by atoms with Crippen molar-refractivity contribution in [3.63, 3.8) is 0 Å². The summed E-state index contributed by atoms with van der Waals surface area (Å²) in [7, 11) is 2.01. The summed E-state index contributed by atoms with van der Waals surface area (Å²) in [5.41, 5.74) is 2.67. The van der Waals surface area contributed by atoms with E-state index in [1.165, 1.54) is 36.9 Å². The van der Waals surface area contributed by atoms with Gasteiger partial charge in [0, 0.05) is 30.8 Å². The van der Waals surface area contributed by atoms with Gasteiger partial charge in [0.25, 0.3) is 0 Å². The quantitative estimate of drug-likeness (QED) is 0.779. The molecule has 1 aromatic heterocycles. The Morgan fingerprint density at radius 2 is 2.00 bits per heavy atom. The van der Waals surface area contributed by atoms with Crippen molar-refractivity contribution in [2.45, 2.75) is 72.3 Å². The smallest absolute Gasteiger partial charge is 0.0722 e. The maximum atomic E-state index is 4.63. The Balaban J connectivity index is 2.53. The van der Waals surface area contributed by atoms with Gasteiger partial charge in [-0.2, -0.15) is 5.10 Å². The Morgan fingerprint density at radius 3 is 2.55 bits per heavy atom. The van der Waals surface area contributed by atoms with Crippen LogP contribution in [0, 0.1) is 5.92 Å². The summed E-state index contributed by atoms with van der Waals surface area (Å²) >= 11 is 0. The molecule has 0 aliphatic heterocycles. The second-order valence-corrected chi connectivity index (χ2v) is 6.97. The minimum atomic E-state index is 0.116. The first-order chi connectivity index (χ1) is 9.38. The minimum Gasteiger partial charge on any atom is -0.312 e. The number of aryl methyl sites for hydroxylation is 1. The third kappa shape index (κ3) is 5.28. The Bertz CT molecular complexity index is 387. The topological polar surface area (TPSA) is 29.9 Å². The fraction of sp³-hybridized carbons (Fsp3) is 0.824. The number of hydrogen-bond acceptors (Lipinski definition) is 2. The molecule has 0 spiro atoms. The normalized spacial score (nSPS) is 13.7. The van der Waals surface area contributed by atoms with Crippen molar-refractivity contribution in [1.29, 1.82) is 0 Å². The summed E-state index contributed by atoms with van der Waals surface area (Å²) in [6.07, 6.45) is 7.42. The predicted molar refractivity (Wildman–Crippen MR) is 86.9 cm³/mol. The Morgan fingerprint density at radius 1 is 1.30 bits per heavy atom. The van der Waals surface area contributed by atoms with E-state index in [-0.39, 0.29) is 5.41 Å². The number of rotatable bonds is 8. The van der Waals surface area contributed by atoms with E-state index in [1.54, 1.807) is 0 Å². The third-order valence-corrected chi connectivity index (χ3v) is 3.91. The summed E-state index contributed by atoms with van der Waals surface area (Å²) in [6, 6.07) is 0. The van der Waals surface area contributed by atoms with Crippen LogP contribution in [0.3, 0.4) is 0 Å². The maximum absolute atomic E-state index is 4.63. The van der Waals surface area contributed by atoms with Gasteiger partial charge >= 0.3 is 0 Å². The van der Waals surface area contributed by atoms with Crippen LogP contribution in [-0.4, -0.2) is 16.3 Å². The highest BCUT2D eigenvalue weighted by atomic mass is 15.3. The van der Waals surface area contributed by atoms with Crippen molar-refractivity contribution >= 4 is 0 Å². The van der Waals surface area contributed by atoms with Gasteiger partial charge in [-0.25, -0.2) is 0 Å². The number of nitrogens with zero attached hydrogens (tertiary/aromatic N) is 2. The van der Waals surface area contributed by atoms with E-state index < -0.39 is 0 Å². The highest BCUT2D eigenvalue weighted by molar-refractivity contribution is 5.23. The zero-order valence-electron chi connectivity index (χ0n) is 14.3. The fourth-order valence-corrected chi connectivity index (χ4v) is 2.65. The lowest BCUT2D eigenvalue weighted by atomic mass is 9.89. The summed E-state index contributed by atoms with van der Waals surface area (Å²) in [5.74, 6) is 0.810. The molecule has 0 aromatic carbocycles. The monoisotopic (exact) mass is 279 g/mol. The highest BCUT2D eigenvalue weighted by Gasteiger charge is 2.21. The molecular formula is C17H33N3. The van der Waals surface area contributed by atoms with Crippen molar-refractivity contribution < 1.29 is 0 Å². The van der Waals surface area contributed by atoms with E-state index in [4.69, 9.17) is 0 Å². The lowest BCUT2D eigenvalue weighted by Gasteiger charge is -2.19. The molecule has 0 bridgehead atoms. The molecule has 0 radical (unpaired) electrons. The van der Waals surface area contributed by atoms with Crippen LogP contribution < -0.4 is 5.32 Å². The lowest BCUT2D eigenvalue weighted by molar-refractivity contribution is 0.418. The molecule has 3 heteroatoms. The zero-order chi connectivity index (χ0) is 15.2. The number of nitrogens with one attached hydrogen (secondary N) is 1. The predicted octanol–water partition coefficient (Wildman–Crippen LogP) is 4.02. The molecule has 1 heterocycles. The standard InChI is InChI=1S/C17H33N3/c1-7-9-10-14(8-2)11-18-12-15-13-20(6)19-16(15)17(3,4)5/h13-14,18H,7-12H2,1-6H3. The van der Waals surface area contributed by atoms with Gasteiger partial charge in [0.15, 0.2) is 0 Å². The molecule has 3 nitrogen and oxygen atoms in total. The lowest BCUT2D eigenvalue weighted by Crippen LogP contribution is -2.24. The Kier molecular flexibility index (Phi) is 6.74. The second kappa shape index (κ2) is 7.82. The average molecular weight is 279 g/mol. The van der Waals surface area contributed by atoms with Gasteiger partial charge in [-0.3, -0.25) is 4.68 Å². The van der Waals surface area contributed by atoms with Crippen LogP contribution in [0.25, 0.3) is 0 Å². The molecule has 0 amide bonds. The first-order valence-corrected chi connectivity index (χ1v) is 8.12. The molecule has 116 valence electrons. The highest BCUT2D eigenvalue weighted by Crippen LogP contribution is 2.24. The van der Waals surface area contributed by atoms with E-state index in [0.29, 0.717) is 0 Å². The van der Waals surface area contributed by atoms with Crippen molar-refractivity contribution in [2.75, 3.05) is 6.54 Å². The zero-order valence-corrected chi connectivity index (χ0v) is 14.3. The van der Waals surface area contributed by atoms with Gasteiger partial charge in [0.1, 0.15) is 0 Å². The molecule has 20 heavy (non-hydrogen) atoms. The molecule has 0 saturated carbocycles. The van der Waals surface area contributed by atoms with Crippen LogP contribution in [0.2, 0.25) is 0 Å². The molecule has 1 aromatic rings. The Labute approximate surface area is 125 Å². The van der Waals surface area contributed by atoms with Crippen LogP contribution in [0.4, 0.5) is 0 Å². The average Bonchev–Trinajstić information content (AvgIpc) is 2.74. The second-order valence-electron chi connectivity index (χ2n) is 6.97. The summed E-state index contributed by atoms with van der Waals surface area (Å²) in [4.78, 5) is 0. The minimum absolute atomic E-state index is 0.116. The summed E-state index contributed by atoms with van der Waals surface area (Å²) in [6.45, 7) is 13.3. The van der Waals surface area contributed by atoms with Gasteiger partial charge in [-0.05, 0) is 18.9 Å². The SMILES string of the molecule is CCCCC(CC)CNCc1cn(C)nc1C(C)(C)C. The third-order valence-electron chi connectivity index (χ3n) is 3.91. The molecule has 1 unspecified atom stereocenters. The first-order valence-electron chi connectivity index (χ1n) is 8.12. The van der Waals surface area contributed by atoms with Gasteiger partial charge in [-0.15, -0.1) is 0 Å². The van der Waals surface area contributed by atoms with Crippen LogP contribution in [-0.2, 0) is 19.0 Å². The largest absolute Gasteiger partial charge is 0.312 e. The van der Waals surface area contributed by atoms with E-state index in [0.717, 1.165) is 19.0 Å². The number of aromatic nitrogens is 2. The molecular weight excluding hydrogens is 246 g/mol. The van der Waals surface area contributed by atoms with Crippen molar-refractivity contribution in [3.8, 4) is 0 Å². The molecule has 0 saturated heterocycles. The maximum Gasteiger partial charge on any atom is 0.0722 e. The molecule has 1 rings (SSSR count).